The summed E-state index contributed by atoms with van der Waals surface area (Å²) in [5.41, 5.74) is 5.96. The number of nitrogens with zero attached hydrogens (tertiary/aromatic N) is 1. The van der Waals surface area contributed by atoms with Gasteiger partial charge in [-0.25, -0.2) is 10.3 Å². The molecule has 24 heavy (non-hydrogen) atoms. The fourth-order valence-corrected chi connectivity index (χ4v) is 2.63. The third-order valence-electron chi connectivity index (χ3n) is 3.61. The summed E-state index contributed by atoms with van der Waals surface area (Å²) in [4.78, 5) is 37.6. The van der Waals surface area contributed by atoms with Gasteiger partial charge in [-0.3, -0.25) is 19.8 Å². The average molecular weight is 344 g/mol. The van der Waals surface area contributed by atoms with Crippen LogP contribution < -0.4 is 15.8 Å². The minimum Gasteiger partial charge on any atom is -0.287 e. The highest BCUT2D eigenvalue weighted by Crippen LogP contribution is 2.25. The largest absolute Gasteiger partial charge is 0.287 e. The van der Waals surface area contributed by atoms with E-state index in [4.69, 9.17) is 11.6 Å². The quantitative estimate of drug-likeness (QED) is 0.656. The van der Waals surface area contributed by atoms with Crippen molar-refractivity contribution in [2.24, 2.45) is 0 Å². The minimum absolute atomic E-state index is 0.0413. The molecule has 1 heterocycles. The lowest BCUT2D eigenvalue weighted by molar-refractivity contribution is -0.121. The summed E-state index contributed by atoms with van der Waals surface area (Å²) in [5, 5.41) is 0.432. The van der Waals surface area contributed by atoms with Crippen molar-refractivity contribution in [1.82, 2.24) is 10.9 Å². The Morgan fingerprint density at radius 1 is 1.08 bits per heavy atom. The van der Waals surface area contributed by atoms with E-state index in [1.165, 1.54) is 0 Å². The molecule has 1 atom stereocenters. The maximum Gasteiger partial charge on any atom is 0.265 e. The summed E-state index contributed by atoms with van der Waals surface area (Å²) >= 11 is 5.90. The number of carbonyl (C=O) groups excluding carboxylic acids is 3. The molecule has 6 nitrogen and oxygen atoms in total. The van der Waals surface area contributed by atoms with Crippen LogP contribution in [0.1, 0.15) is 16.8 Å². The Hall–Kier alpha value is -2.70. The maximum atomic E-state index is 12.4. The smallest absolute Gasteiger partial charge is 0.265 e. The van der Waals surface area contributed by atoms with E-state index in [0.29, 0.717) is 16.3 Å². The zero-order valence-electron chi connectivity index (χ0n) is 12.5. The van der Waals surface area contributed by atoms with Crippen molar-refractivity contribution < 1.29 is 14.4 Å². The highest BCUT2D eigenvalue weighted by atomic mass is 35.5. The third-order valence-corrected chi connectivity index (χ3v) is 3.84. The second-order valence-electron chi connectivity index (χ2n) is 5.27. The number of hydrogen-bond acceptors (Lipinski definition) is 4. The molecule has 2 aromatic carbocycles. The standard InChI is InChI=1S/C17H14ClN3O3/c18-12-7-4-8-13(9-12)21-15(22)10-14(17(21)24)19-20-16(23)11-5-2-1-3-6-11/h1-9,14,19H,10H2,(H,20,23)/t14-/m1/s1. The highest BCUT2D eigenvalue weighted by molar-refractivity contribution is 6.31. The number of halogens is 1. The highest BCUT2D eigenvalue weighted by Gasteiger charge is 2.39. The van der Waals surface area contributed by atoms with Crippen LogP contribution in [0.5, 0.6) is 0 Å². The summed E-state index contributed by atoms with van der Waals surface area (Å²) in [6, 6.07) is 14.3. The molecule has 0 unspecified atom stereocenters. The number of nitrogens with one attached hydrogen (secondary N) is 2. The number of imide groups is 1. The van der Waals surface area contributed by atoms with Gasteiger partial charge in [-0.05, 0) is 30.3 Å². The van der Waals surface area contributed by atoms with E-state index < -0.39 is 11.9 Å². The Bertz CT molecular complexity index is 795. The normalized spacial score (nSPS) is 17.2. The molecule has 122 valence electrons. The van der Waals surface area contributed by atoms with Gasteiger partial charge in [0.05, 0.1) is 12.1 Å². The first kappa shape index (κ1) is 16.2. The van der Waals surface area contributed by atoms with E-state index in [1.54, 1.807) is 54.6 Å². The number of rotatable bonds is 4. The van der Waals surface area contributed by atoms with Gasteiger partial charge in [0.25, 0.3) is 11.8 Å². The fraction of sp³-hybridized carbons (Fsp3) is 0.118. The SMILES string of the molecule is O=C(NN[C@@H]1CC(=O)N(c2cccc(Cl)c2)C1=O)c1ccccc1. The number of hydrogen-bond donors (Lipinski definition) is 2. The van der Waals surface area contributed by atoms with Crippen LogP contribution in [0.25, 0.3) is 0 Å². The van der Waals surface area contributed by atoms with Gasteiger partial charge >= 0.3 is 0 Å². The van der Waals surface area contributed by atoms with Crippen molar-refractivity contribution >= 4 is 35.0 Å². The number of carbonyl (C=O) groups is 3. The molecule has 0 spiro atoms. The predicted molar refractivity (Wildman–Crippen MR) is 89.4 cm³/mol. The van der Waals surface area contributed by atoms with Crippen molar-refractivity contribution in [3.63, 3.8) is 0 Å². The van der Waals surface area contributed by atoms with Crippen LogP contribution in [-0.2, 0) is 9.59 Å². The first-order valence-corrected chi connectivity index (χ1v) is 7.67. The van der Waals surface area contributed by atoms with Gasteiger partial charge in [0.1, 0.15) is 6.04 Å². The molecule has 0 aliphatic carbocycles. The number of anilines is 1. The Kier molecular flexibility index (Phi) is 4.59. The molecule has 1 aliphatic heterocycles. The molecule has 0 radical (unpaired) electrons. The van der Waals surface area contributed by atoms with Gasteiger partial charge in [-0.15, -0.1) is 0 Å². The summed E-state index contributed by atoms with van der Waals surface area (Å²) in [6.45, 7) is 0. The first-order valence-electron chi connectivity index (χ1n) is 7.29. The van der Waals surface area contributed by atoms with Crippen LogP contribution >= 0.6 is 11.6 Å². The monoisotopic (exact) mass is 343 g/mol. The lowest BCUT2D eigenvalue weighted by atomic mass is 10.2. The molecule has 1 saturated heterocycles. The van der Waals surface area contributed by atoms with Crippen LogP contribution in [0, 0.1) is 0 Å². The molecular weight excluding hydrogens is 330 g/mol. The first-order chi connectivity index (χ1) is 11.6. The summed E-state index contributed by atoms with van der Waals surface area (Å²) < 4.78 is 0. The molecule has 2 aromatic rings. The molecule has 2 N–H and O–H groups in total. The van der Waals surface area contributed by atoms with E-state index in [-0.39, 0.29) is 18.2 Å². The van der Waals surface area contributed by atoms with Gasteiger partial charge in [0.15, 0.2) is 0 Å². The zero-order chi connectivity index (χ0) is 17.1. The molecule has 1 aliphatic rings. The van der Waals surface area contributed by atoms with E-state index in [2.05, 4.69) is 10.9 Å². The van der Waals surface area contributed by atoms with E-state index in [1.807, 2.05) is 0 Å². The van der Waals surface area contributed by atoms with E-state index in [9.17, 15) is 14.4 Å². The van der Waals surface area contributed by atoms with Gasteiger partial charge < -0.3 is 0 Å². The van der Waals surface area contributed by atoms with Crippen LogP contribution in [0.15, 0.2) is 54.6 Å². The van der Waals surface area contributed by atoms with Crippen LogP contribution in [-0.4, -0.2) is 23.8 Å². The number of amides is 3. The van der Waals surface area contributed by atoms with Crippen LogP contribution in [0.2, 0.25) is 5.02 Å². The van der Waals surface area contributed by atoms with Crippen LogP contribution in [0.3, 0.4) is 0 Å². The molecule has 0 saturated carbocycles. The minimum atomic E-state index is -0.816. The number of benzene rings is 2. The van der Waals surface area contributed by atoms with Crippen molar-refractivity contribution in [2.75, 3.05) is 4.90 Å². The van der Waals surface area contributed by atoms with Crippen molar-refractivity contribution in [3.8, 4) is 0 Å². The average Bonchev–Trinajstić information content (AvgIpc) is 2.87. The van der Waals surface area contributed by atoms with E-state index in [0.717, 1.165) is 4.90 Å². The van der Waals surface area contributed by atoms with Crippen molar-refractivity contribution in [3.05, 3.63) is 65.2 Å². The topological polar surface area (TPSA) is 78.5 Å². The predicted octanol–water partition coefficient (Wildman–Crippen LogP) is 1.91. The lowest BCUT2D eigenvalue weighted by Crippen LogP contribution is -2.48. The van der Waals surface area contributed by atoms with Crippen LogP contribution in [0.4, 0.5) is 5.69 Å². The molecule has 0 aromatic heterocycles. The summed E-state index contributed by atoms with van der Waals surface area (Å²) in [7, 11) is 0. The number of hydrazine groups is 1. The van der Waals surface area contributed by atoms with Gasteiger partial charge in [-0.1, -0.05) is 35.9 Å². The Labute approximate surface area is 143 Å². The molecule has 1 fully saturated rings. The lowest BCUT2D eigenvalue weighted by Gasteiger charge is -2.16. The molecule has 3 rings (SSSR count). The van der Waals surface area contributed by atoms with E-state index >= 15 is 0 Å². The third kappa shape index (κ3) is 3.29. The van der Waals surface area contributed by atoms with Gasteiger partial charge in [-0.2, -0.15) is 0 Å². The second kappa shape index (κ2) is 6.82. The molecule has 3 amide bonds. The Morgan fingerprint density at radius 3 is 2.54 bits per heavy atom. The Morgan fingerprint density at radius 2 is 1.83 bits per heavy atom. The van der Waals surface area contributed by atoms with Crippen molar-refractivity contribution in [1.29, 1.82) is 0 Å². The maximum absolute atomic E-state index is 12.4. The molecular formula is C17H14ClN3O3. The van der Waals surface area contributed by atoms with Gasteiger partial charge in [0.2, 0.25) is 5.91 Å². The zero-order valence-corrected chi connectivity index (χ0v) is 13.3. The summed E-state index contributed by atoms with van der Waals surface area (Å²) in [6.07, 6.45) is -0.0413. The fourth-order valence-electron chi connectivity index (χ4n) is 2.45. The summed E-state index contributed by atoms with van der Waals surface area (Å²) in [5.74, 6) is -1.17. The van der Waals surface area contributed by atoms with Gasteiger partial charge in [0, 0.05) is 10.6 Å². The molecule has 0 bridgehead atoms. The second-order valence-corrected chi connectivity index (χ2v) is 5.70. The Balaban J connectivity index is 1.67. The molecule has 7 heteroatoms. The van der Waals surface area contributed by atoms with Crippen molar-refractivity contribution in [2.45, 2.75) is 12.5 Å².